The van der Waals surface area contributed by atoms with E-state index in [2.05, 4.69) is 5.16 Å². The molecule has 0 amide bonds. The Hall–Kier alpha value is -0.810. The molecule has 0 bridgehead atoms. The second-order valence-corrected chi connectivity index (χ2v) is 3.20. The number of rotatable bonds is 4. The Morgan fingerprint density at radius 3 is 2.73 bits per heavy atom. The molecule has 15 heavy (non-hydrogen) atoms. The summed E-state index contributed by atoms with van der Waals surface area (Å²) in [6.07, 6.45) is 0.984. The van der Waals surface area contributed by atoms with E-state index in [1.807, 2.05) is 6.92 Å². The highest BCUT2D eigenvalue weighted by Crippen LogP contribution is 2.28. The molecular weight excluding hydrogens is 220 g/mol. The summed E-state index contributed by atoms with van der Waals surface area (Å²) >= 11 is 0. The molecular formula is C9H17ClN2O3. The van der Waals surface area contributed by atoms with Gasteiger partial charge in [-0.05, 0) is 13.3 Å². The first-order valence-corrected chi connectivity index (χ1v) is 4.79. The highest BCUT2D eigenvalue weighted by Gasteiger charge is 2.45. The van der Waals surface area contributed by atoms with Crippen LogP contribution in [0, 0.1) is 0 Å². The zero-order valence-corrected chi connectivity index (χ0v) is 9.80. The fourth-order valence-corrected chi connectivity index (χ4v) is 1.36. The number of esters is 1. The lowest BCUT2D eigenvalue weighted by molar-refractivity contribution is -0.169. The third-order valence-electron chi connectivity index (χ3n) is 2.29. The van der Waals surface area contributed by atoms with Crippen LogP contribution in [0.2, 0.25) is 0 Å². The third-order valence-corrected chi connectivity index (χ3v) is 2.29. The summed E-state index contributed by atoms with van der Waals surface area (Å²) in [7, 11) is 0. The lowest BCUT2D eigenvalue weighted by Crippen LogP contribution is -2.40. The maximum absolute atomic E-state index is 11.6. The van der Waals surface area contributed by atoms with Crippen LogP contribution < -0.4 is 5.73 Å². The van der Waals surface area contributed by atoms with E-state index in [-0.39, 0.29) is 18.4 Å². The zero-order valence-electron chi connectivity index (χ0n) is 8.99. The average Bonchev–Trinajstić information content (AvgIpc) is 2.63. The largest absolute Gasteiger partial charge is 0.463 e. The van der Waals surface area contributed by atoms with E-state index in [1.54, 1.807) is 6.92 Å². The van der Waals surface area contributed by atoms with Gasteiger partial charge in [0.15, 0.2) is 0 Å². The number of nitrogens with zero attached hydrogens (tertiary/aromatic N) is 1. The number of carbonyl (C=O) groups is 1. The van der Waals surface area contributed by atoms with Gasteiger partial charge in [-0.25, -0.2) is 4.79 Å². The summed E-state index contributed by atoms with van der Waals surface area (Å²) < 4.78 is 4.93. The molecule has 0 radical (unpaired) electrons. The van der Waals surface area contributed by atoms with Gasteiger partial charge in [-0.3, -0.25) is 0 Å². The van der Waals surface area contributed by atoms with Gasteiger partial charge in [-0.15, -0.1) is 12.4 Å². The van der Waals surface area contributed by atoms with Crippen LogP contribution in [-0.2, 0) is 14.4 Å². The normalized spacial score (nSPS) is 23.8. The van der Waals surface area contributed by atoms with Crippen molar-refractivity contribution in [2.75, 3.05) is 13.2 Å². The van der Waals surface area contributed by atoms with E-state index >= 15 is 0 Å². The highest BCUT2D eigenvalue weighted by atomic mass is 35.5. The minimum Gasteiger partial charge on any atom is -0.463 e. The molecule has 1 rings (SSSR count). The lowest BCUT2D eigenvalue weighted by Gasteiger charge is -2.22. The monoisotopic (exact) mass is 236 g/mol. The number of nitrogens with two attached hydrogens (primary N) is 1. The number of hydrogen-bond donors (Lipinski definition) is 1. The Bertz CT molecular complexity index is 258. The van der Waals surface area contributed by atoms with Crippen LogP contribution in [0.1, 0.15) is 26.7 Å². The molecule has 1 heterocycles. The van der Waals surface area contributed by atoms with Crippen LogP contribution in [-0.4, -0.2) is 30.4 Å². The van der Waals surface area contributed by atoms with Crippen molar-refractivity contribution in [1.82, 2.24) is 0 Å². The molecule has 1 aliphatic rings. The van der Waals surface area contributed by atoms with E-state index in [0.717, 1.165) is 0 Å². The number of hydrogen-bond acceptors (Lipinski definition) is 5. The fraction of sp³-hybridized carbons (Fsp3) is 0.778. The average molecular weight is 237 g/mol. The predicted molar refractivity (Wildman–Crippen MR) is 59.1 cm³/mol. The van der Waals surface area contributed by atoms with Crippen molar-refractivity contribution >= 4 is 24.1 Å². The number of ether oxygens (including phenoxy) is 1. The highest BCUT2D eigenvalue weighted by molar-refractivity contribution is 5.94. The maximum atomic E-state index is 11.6. The Kier molecular flexibility index (Phi) is 5.60. The first kappa shape index (κ1) is 14.2. The lowest BCUT2D eigenvalue weighted by atomic mass is 9.94. The first-order valence-electron chi connectivity index (χ1n) is 4.79. The van der Waals surface area contributed by atoms with Gasteiger partial charge in [0.05, 0.1) is 12.3 Å². The van der Waals surface area contributed by atoms with Crippen molar-refractivity contribution in [3.05, 3.63) is 0 Å². The zero-order chi connectivity index (χ0) is 10.6. The molecule has 0 spiro atoms. The number of carbonyl (C=O) groups excluding carboxylic acids is 1. The molecule has 5 nitrogen and oxygen atoms in total. The van der Waals surface area contributed by atoms with Gasteiger partial charge in [-0.1, -0.05) is 12.1 Å². The molecule has 0 aromatic heterocycles. The molecule has 1 aliphatic heterocycles. The van der Waals surface area contributed by atoms with E-state index < -0.39 is 5.60 Å². The Morgan fingerprint density at radius 2 is 2.33 bits per heavy atom. The Balaban J connectivity index is 0.00000196. The second kappa shape index (κ2) is 5.92. The molecule has 0 saturated heterocycles. The third kappa shape index (κ3) is 2.82. The van der Waals surface area contributed by atoms with Gasteiger partial charge >= 0.3 is 5.97 Å². The van der Waals surface area contributed by atoms with Crippen LogP contribution in [0.15, 0.2) is 5.16 Å². The van der Waals surface area contributed by atoms with Gasteiger partial charge in [0.2, 0.25) is 5.60 Å². The summed E-state index contributed by atoms with van der Waals surface area (Å²) in [4.78, 5) is 16.7. The van der Waals surface area contributed by atoms with Crippen molar-refractivity contribution in [3.63, 3.8) is 0 Å². The van der Waals surface area contributed by atoms with Crippen molar-refractivity contribution in [3.8, 4) is 0 Å². The van der Waals surface area contributed by atoms with Crippen molar-refractivity contribution in [2.45, 2.75) is 32.3 Å². The van der Waals surface area contributed by atoms with E-state index in [0.29, 0.717) is 31.7 Å². The standard InChI is InChI=1S/C9H16N2O3.ClH/c1-3-9(8(12)13-4-2)5-7(6-10)11-14-9;/h3-6,10H2,1-2H3;1H. The molecule has 1 atom stereocenters. The summed E-state index contributed by atoms with van der Waals surface area (Å²) in [6.45, 7) is 4.30. The van der Waals surface area contributed by atoms with E-state index in [4.69, 9.17) is 15.3 Å². The molecule has 88 valence electrons. The SMILES string of the molecule is CCOC(=O)C1(CC)CC(CN)=NO1.Cl. The predicted octanol–water partition coefficient (Wildman–Crippen LogP) is 0.855. The van der Waals surface area contributed by atoms with Gasteiger partial charge in [0.1, 0.15) is 0 Å². The summed E-state index contributed by atoms with van der Waals surface area (Å²) in [5, 5.41) is 3.77. The molecule has 6 heteroatoms. The molecule has 0 fully saturated rings. The first-order chi connectivity index (χ1) is 6.68. The molecule has 1 unspecified atom stereocenters. The van der Waals surface area contributed by atoms with Gasteiger partial charge in [0.25, 0.3) is 0 Å². The Morgan fingerprint density at radius 1 is 1.67 bits per heavy atom. The minimum atomic E-state index is -0.926. The summed E-state index contributed by atoms with van der Waals surface area (Å²) in [5.74, 6) is -0.352. The molecule has 0 aliphatic carbocycles. The van der Waals surface area contributed by atoms with Crippen LogP contribution in [0.3, 0.4) is 0 Å². The van der Waals surface area contributed by atoms with E-state index in [1.165, 1.54) is 0 Å². The molecule has 0 aromatic carbocycles. The summed E-state index contributed by atoms with van der Waals surface area (Å²) in [6, 6.07) is 0. The van der Waals surface area contributed by atoms with Gasteiger partial charge in [0, 0.05) is 13.0 Å². The van der Waals surface area contributed by atoms with Crippen LogP contribution in [0.4, 0.5) is 0 Å². The van der Waals surface area contributed by atoms with E-state index in [9.17, 15) is 4.79 Å². The Labute approximate surface area is 95.4 Å². The maximum Gasteiger partial charge on any atom is 0.353 e. The molecule has 2 N–H and O–H groups in total. The fourth-order valence-electron chi connectivity index (χ4n) is 1.36. The quantitative estimate of drug-likeness (QED) is 0.735. The van der Waals surface area contributed by atoms with Crippen LogP contribution in [0.25, 0.3) is 0 Å². The molecule has 0 saturated carbocycles. The van der Waals surface area contributed by atoms with Crippen LogP contribution in [0.5, 0.6) is 0 Å². The summed E-state index contributed by atoms with van der Waals surface area (Å²) in [5.41, 5.74) is 5.20. The smallest absolute Gasteiger partial charge is 0.353 e. The van der Waals surface area contributed by atoms with Crippen molar-refractivity contribution in [2.24, 2.45) is 10.9 Å². The van der Waals surface area contributed by atoms with Crippen LogP contribution >= 0.6 is 12.4 Å². The topological polar surface area (TPSA) is 73.9 Å². The van der Waals surface area contributed by atoms with Crippen molar-refractivity contribution in [1.29, 1.82) is 0 Å². The van der Waals surface area contributed by atoms with Gasteiger partial charge in [-0.2, -0.15) is 0 Å². The van der Waals surface area contributed by atoms with Crippen molar-refractivity contribution < 1.29 is 14.4 Å². The second-order valence-electron chi connectivity index (χ2n) is 3.20. The molecule has 0 aromatic rings. The number of halogens is 1. The number of oxime groups is 1. The minimum absolute atomic E-state index is 0. The van der Waals surface area contributed by atoms with Gasteiger partial charge < -0.3 is 15.3 Å².